The van der Waals surface area contributed by atoms with Crippen LogP contribution in [0.1, 0.15) is 58.8 Å². The van der Waals surface area contributed by atoms with Gasteiger partial charge in [-0.1, -0.05) is 0 Å². The summed E-state index contributed by atoms with van der Waals surface area (Å²) < 4.78 is 10.9. The number of ether oxygens (including phenoxy) is 2. The molecule has 4 aliphatic rings. The first-order valence-corrected chi connectivity index (χ1v) is 10.0. The number of anilines is 1. The van der Waals surface area contributed by atoms with E-state index in [1.54, 1.807) is 6.20 Å². The lowest BCUT2D eigenvalue weighted by atomic mass is 9.49. The van der Waals surface area contributed by atoms with Crippen molar-refractivity contribution in [3.05, 3.63) is 6.20 Å². The van der Waals surface area contributed by atoms with Crippen LogP contribution >= 0.6 is 0 Å². The van der Waals surface area contributed by atoms with Gasteiger partial charge in [0.15, 0.2) is 0 Å². The van der Waals surface area contributed by atoms with Crippen LogP contribution in [-0.4, -0.2) is 29.1 Å². The van der Waals surface area contributed by atoms with E-state index >= 15 is 0 Å². The van der Waals surface area contributed by atoms with Crippen LogP contribution in [0.5, 0.6) is 11.9 Å². The summed E-state index contributed by atoms with van der Waals surface area (Å²) in [6.45, 7) is 4.73. The molecule has 142 valence electrons. The van der Waals surface area contributed by atoms with E-state index < -0.39 is 0 Å². The van der Waals surface area contributed by atoms with Gasteiger partial charge in [0.05, 0.1) is 19.4 Å². The largest absolute Gasteiger partial charge is 0.476 e. The SMILES string of the molecule is CCOc1ncc(NC(=O)CC23CC4CC(CC(C4)C2)C3)c(OCC)n1. The molecule has 1 N–H and O–H groups in total. The van der Waals surface area contributed by atoms with E-state index in [9.17, 15) is 4.79 Å². The molecule has 1 amide bonds. The van der Waals surface area contributed by atoms with Gasteiger partial charge in [0.25, 0.3) is 0 Å². The zero-order valence-corrected chi connectivity index (χ0v) is 15.8. The van der Waals surface area contributed by atoms with Crippen molar-refractivity contribution >= 4 is 11.6 Å². The maximum Gasteiger partial charge on any atom is 0.319 e. The van der Waals surface area contributed by atoms with Crippen molar-refractivity contribution in [3.63, 3.8) is 0 Å². The number of carbonyl (C=O) groups excluding carboxylic acids is 1. The van der Waals surface area contributed by atoms with E-state index in [-0.39, 0.29) is 17.3 Å². The van der Waals surface area contributed by atoms with E-state index in [4.69, 9.17) is 9.47 Å². The molecule has 1 aromatic heterocycles. The molecule has 0 spiro atoms. The van der Waals surface area contributed by atoms with Gasteiger partial charge in [-0.2, -0.15) is 4.98 Å². The van der Waals surface area contributed by atoms with Gasteiger partial charge in [0.2, 0.25) is 11.8 Å². The van der Waals surface area contributed by atoms with E-state index in [0.717, 1.165) is 17.8 Å². The van der Waals surface area contributed by atoms with Gasteiger partial charge in [-0.15, -0.1) is 0 Å². The number of rotatable bonds is 7. The molecule has 6 nitrogen and oxygen atoms in total. The molecule has 0 aliphatic heterocycles. The average molecular weight is 359 g/mol. The lowest BCUT2D eigenvalue weighted by Gasteiger charge is -2.56. The summed E-state index contributed by atoms with van der Waals surface area (Å²) in [6, 6.07) is 0.273. The first-order valence-electron chi connectivity index (χ1n) is 10.0. The van der Waals surface area contributed by atoms with Crippen molar-refractivity contribution in [2.75, 3.05) is 18.5 Å². The van der Waals surface area contributed by atoms with Gasteiger partial charge in [-0.25, -0.2) is 4.98 Å². The van der Waals surface area contributed by atoms with Crippen molar-refractivity contribution in [3.8, 4) is 11.9 Å². The van der Waals surface area contributed by atoms with Gasteiger partial charge >= 0.3 is 6.01 Å². The summed E-state index contributed by atoms with van der Waals surface area (Å²) in [7, 11) is 0. The molecular formula is C20H29N3O3. The lowest BCUT2D eigenvalue weighted by molar-refractivity contribution is -0.124. The Labute approximate surface area is 155 Å². The van der Waals surface area contributed by atoms with Gasteiger partial charge in [0, 0.05) is 6.42 Å². The minimum Gasteiger partial charge on any atom is -0.476 e. The summed E-state index contributed by atoms with van der Waals surface area (Å²) in [4.78, 5) is 21.2. The number of hydrogen-bond donors (Lipinski definition) is 1. The number of hydrogen-bond acceptors (Lipinski definition) is 5. The molecule has 0 atom stereocenters. The van der Waals surface area contributed by atoms with Gasteiger partial charge in [0.1, 0.15) is 5.69 Å². The Morgan fingerprint density at radius 1 is 1.12 bits per heavy atom. The van der Waals surface area contributed by atoms with Crippen LogP contribution in [0.4, 0.5) is 5.69 Å². The fourth-order valence-electron chi connectivity index (χ4n) is 5.92. The Hall–Kier alpha value is -1.85. The summed E-state index contributed by atoms with van der Waals surface area (Å²) in [6.07, 6.45) is 10.0. The molecule has 0 unspecified atom stereocenters. The smallest absolute Gasteiger partial charge is 0.319 e. The van der Waals surface area contributed by atoms with Gasteiger partial charge in [-0.05, 0) is 75.5 Å². The topological polar surface area (TPSA) is 73.3 Å². The maximum absolute atomic E-state index is 12.8. The molecule has 4 fully saturated rings. The Kier molecular flexibility index (Phi) is 4.76. The summed E-state index contributed by atoms with van der Waals surface area (Å²) >= 11 is 0. The van der Waals surface area contributed by atoms with Crippen molar-refractivity contribution in [1.82, 2.24) is 9.97 Å². The maximum atomic E-state index is 12.8. The first kappa shape index (κ1) is 17.6. The number of nitrogens with one attached hydrogen (secondary N) is 1. The number of amides is 1. The molecule has 1 heterocycles. The lowest BCUT2D eigenvalue weighted by Crippen LogP contribution is -2.47. The predicted octanol–water partition coefficient (Wildman–Crippen LogP) is 3.82. The van der Waals surface area contributed by atoms with Crippen LogP contribution in [0.3, 0.4) is 0 Å². The van der Waals surface area contributed by atoms with Crippen molar-refractivity contribution in [2.45, 2.75) is 58.8 Å². The van der Waals surface area contributed by atoms with Crippen LogP contribution in [0.15, 0.2) is 6.20 Å². The zero-order valence-electron chi connectivity index (χ0n) is 15.8. The molecule has 0 saturated heterocycles. The van der Waals surface area contributed by atoms with E-state index in [1.165, 1.54) is 38.5 Å². The van der Waals surface area contributed by atoms with E-state index in [1.807, 2.05) is 13.8 Å². The fraction of sp³-hybridized carbons (Fsp3) is 0.750. The molecule has 0 aromatic carbocycles. The first-order chi connectivity index (χ1) is 12.6. The Balaban J connectivity index is 1.45. The second kappa shape index (κ2) is 7.05. The Bertz CT molecular complexity index is 641. The van der Waals surface area contributed by atoms with E-state index in [0.29, 0.717) is 31.2 Å². The minimum absolute atomic E-state index is 0.0562. The summed E-state index contributed by atoms with van der Waals surface area (Å²) in [5.74, 6) is 2.98. The van der Waals surface area contributed by atoms with Gasteiger partial charge in [-0.3, -0.25) is 4.79 Å². The van der Waals surface area contributed by atoms with Gasteiger partial charge < -0.3 is 14.8 Å². The summed E-state index contributed by atoms with van der Waals surface area (Å²) in [5, 5.41) is 3.00. The average Bonchev–Trinajstić information content (AvgIpc) is 2.56. The predicted molar refractivity (Wildman–Crippen MR) is 98.2 cm³/mol. The highest BCUT2D eigenvalue weighted by Gasteiger charge is 2.51. The molecule has 4 bridgehead atoms. The molecule has 5 rings (SSSR count). The molecule has 6 heteroatoms. The number of aromatic nitrogens is 2. The molecule has 1 aromatic rings. The quantitative estimate of drug-likeness (QED) is 0.801. The monoisotopic (exact) mass is 359 g/mol. The molecule has 0 radical (unpaired) electrons. The van der Waals surface area contributed by atoms with Crippen molar-refractivity contribution in [2.24, 2.45) is 23.2 Å². The highest BCUT2D eigenvalue weighted by atomic mass is 16.5. The standard InChI is InChI=1S/C20H29N3O3/c1-3-25-18-16(12-21-19(23-18)26-4-2)22-17(24)11-20-8-13-5-14(9-20)7-15(6-13)10-20/h12-15H,3-11H2,1-2H3,(H,22,24). The molecule has 4 aliphatic carbocycles. The third-order valence-corrected chi connectivity index (χ3v) is 6.26. The third-order valence-electron chi connectivity index (χ3n) is 6.26. The fourth-order valence-corrected chi connectivity index (χ4v) is 5.92. The normalized spacial score (nSPS) is 31.7. The number of nitrogens with zero attached hydrogens (tertiary/aromatic N) is 2. The second-order valence-corrected chi connectivity index (χ2v) is 8.38. The molecular weight excluding hydrogens is 330 g/mol. The molecule has 26 heavy (non-hydrogen) atoms. The number of carbonyl (C=O) groups is 1. The summed E-state index contributed by atoms with van der Waals surface area (Å²) in [5.41, 5.74) is 0.751. The zero-order chi connectivity index (χ0) is 18.1. The Morgan fingerprint density at radius 2 is 1.73 bits per heavy atom. The van der Waals surface area contributed by atoms with Crippen LogP contribution in [-0.2, 0) is 4.79 Å². The van der Waals surface area contributed by atoms with Crippen molar-refractivity contribution in [1.29, 1.82) is 0 Å². The van der Waals surface area contributed by atoms with Crippen LogP contribution in [0, 0.1) is 23.2 Å². The van der Waals surface area contributed by atoms with Crippen LogP contribution < -0.4 is 14.8 Å². The second-order valence-electron chi connectivity index (χ2n) is 8.38. The minimum atomic E-state index is 0.0562. The highest BCUT2D eigenvalue weighted by molar-refractivity contribution is 5.92. The van der Waals surface area contributed by atoms with Crippen LogP contribution in [0.2, 0.25) is 0 Å². The van der Waals surface area contributed by atoms with Crippen molar-refractivity contribution < 1.29 is 14.3 Å². The van der Waals surface area contributed by atoms with E-state index in [2.05, 4.69) is 15.3 Å². The highest BCUT2D eigenvalue weighted by Crippen LogP contribution is 2.61. The molecule has 4 saturated carbocycles. The van der Waals surface area contributed by atoms with Crippen LogP contribution in [0.25, 0.3) is 0 Å². The third kappa shape index (κ3) is 3.51. The Morgan fingerprint density at radius 3 is 2.31 bits per heavy atom.